The fourth-order valence-corrected chi connectivity index (χ4v) is 8.07. The van der Waals surface area contributed by atoms with Crippen LogP contribution in [0.1, 0.15) is 83.6 Å². The fourth-order valence-electron chi connectivity index (χ4n) is 6.82. The minimum atomic E-state index is -1.04. The predicted molar refractivity (Wildman–Crippen MR) is 125 cm³/mol. The molecule has 8 heteroatoms. The molecule has 5 aliphatic rings. The smallest absolute Gasteiger partial charge is 0.312 e. The van der Waals surface area contributed by atoms with E-state index in [1.54, 1.807) is 25.6 Å². The maximum atomic E-state index is 11.5. The number of ether oxygens (including phenoxy) is 1. The van der Waals surface area contributed by atoms with Crippen LogP contribution in [0.5, 0.6) is 5.88 Å². The van der Waals surface area contributed by atoms with Crippen molar-refractivity contribution in [1.82, 2.24) is 10.5 Å². The van der Waals surface area contributed by atoms with Gasteiger partial charge in [-0.25, -0.2) is 0 Å². The van der Waals surface area contributed by atoms with Gasteiger partial charge in [-0.1, -0.05) is 12.8 Å². The van der Waals surface area contributed by atoms with E-state index in [1.807, 2.05) is 0 Å². The molecule has 3 N–H and O–H groups in total. The highest BCUT2D eigenvalue weighted by atomic mass is 32.2. The maximum Gasteiger partial charge on any atom is 0.312 e. The zero-order chi connectivity index (χ0) is 23.2. The van der Waals surface area contributed by atoms with Gasteiger partial charge in [-0.05, 0) is 93.5 Å². The van der Waals surface area contributed by atoms with Gasteiger partial charge in [0, 0.05) is 11.8 Å². The van der Waals surface area contributed by atoms with E-state index in [2.05, 4.69) is 10.5 Å². The van der Waals surface area contributed by atoms with Gasteiger partial charge in [0.2, 0.25) is 0 Å². The molecule has 1 aromatic heterocycles. The van der Waals surface area contributed by atoms with Crippen LogP contribution in [0.4, 0.5) is 0 Å². The van der Waals surface area contributed by atoms with Gasteiger partial charge < -0.3 is 19.5 Å². The lowest BCUT2D eigenvalue weighted by atomic mass is 9.54. The van der Waals surface area contributed by atoms with Crippen molar-refractivity contribution in [2.75, 3.05) is 12.4 Å². The average molecular weight is 479 g/mol. The number of thioether (sulfide) groups is 1. The molecule has 5 aliphatic carbocycles. The van der Waals surface area contributed by atoms with Crippen LogP contribution in [0.2, 0.25) is 0 Å². The van der Waals surface area contributed by atoms with Gasteiger partial charge in [-0.3, -0.25) is 10.1 Å². The maximum absolute atomic E-state index is 11.5. The van der Waals surface area contributed by atoms with Crippen molar-refractivity contribution in [2.45, 2.75) is 88.8 Å². The summed E-state index contributed by atoms with van der Waals surface area (Å²) in [6.45, 7) is 3.25. The highest BCUT2D eigenvalue weighted by Gasteiger charge is 2.49. The van der Waals surface area contributed by atoms with Crippen LogP contribution >= 0.6 is 11.8 Å². The summed E-state index contributed by atoms with van der Waals surface area (Å²) in [5.41, 5.74) is -1.04. The minimum absolute atomic E-state index is 0.00955. The van der Waals surface area contributed by atoms with Crippen LogP contribution in [0.25, 0.3) is 0 Å². The first-order valence-corrected chi connectivity index (χ1v) is 13.7. The number of carbonyl (C=O) groups is 1. The predicted octanol–water partition coefficient (Wildman–Crippen LogP) is 4.85. The first-order chi connectivity index (χ1) is 15.8. The lowest BCUT2D eigenvalue weighted by Gasteiger charge is -2.54. The van der Waals surface area contributed by atoms with Crippen LogP contribution in [0.15, 0.2) is 9.42 Å². The molecule has 0 aliphatic heterocycles. The van der Waals surface area contributed by atoms with Crippen LogP contribution < -0.4 is 10.1 Å². The highest BCUT2D eigenvalue weighted by Crippen LogP contribution is 2.54. The van der Waals surface area contributed by atoms with Crippen LogP contribution in [-0.2, 0) is 4.79 Å². The molecule has 1 unspecified atom stereocenters. The molecule has 1 aromatic rings. The molecule has 6 rings (SSSR count). The van der Waals surface area contributed by atoms with Gasteiger partial charge in [-0.15, -0.1) is 11.8 Å². The third-order valence-corrected chi connectivity index (χ3v) is 9.86. The lowest BCUT2D eigenvalue weighted by Crippen LogP contribution is -2.55. The van der Waals surface area contributed by atoms with Gasteiger partial charge in [-0.2, -0.15) is 0 Å². The summed E-state index contributed by atoms with van der Waals surface area (Å²) in [5, 5.41) is 28.3. The highest BCUT2D eigenvalue weighted by molar-refractivity contribution is 7.99. The number of aliphatic hydroxyl groups is 1. The second-order valence-corrected chi connectivity index (χ2v) is 12.7. The van der Waals surface area contributed by atoms with E-state index < -0.39 is 17.6 Å². The van der Waals surface area contributed by atoms with Gasteiger partial charge in [0.1, 0.15) is 11.5 Å². The molecule has 4 bridgehead atoms. The molecule has 1 atom stereocenters. The fraction of sp³-hybridized carbons (Fsp3) is 0.840. The number of hydrogen-bond acceptors (Lipinski definition) is 7. The molecular formula is C25H38N2O5S. The third-order valence-electron chi connectivity index (χ3n) is 8.56. The van der Waals surface area contributed by atoms with Crippen molar-refractivity contribution >= 4 is 17.7 Å². The average Bonchev–Trinajstić information content (AvgIpc) is 3.42. The molecule has 0 amide bonds. The summed E-state index contributed by atoms with van der Waals surface area (Å²) >= 11 is 1.63. The van der Waals surface area contributed by atoms with Crippen molar-refractivity contribution in [2.24, 2.45) is 35.0 Å². The number of aliphatic hydroxyl groups excluding tert-OH is 1. The van der Waals surface area contributed by atoms with Crippen LogP contribution in [0.3, 0.4) is 0 Å². The summed E-state index contributed by atoms with van der Waals surface area (Å²) in [5.74, 6) is 4.40. The standard InChI is InChI=1S/C25H38N2O5S/c1-25(2,24(29)30)13-31-23-21(33-12-14-5-3-4-6-14)20(32-27-23)22(28)26-19-17-8-15-7-16(10-17)11-18(19)9-15/h14-19,22,26,28H,3-13H2,1-2H3,(H,29,30). The van der Waals surface area contributed by atoms with E-state index in [-0.39, 0.29) is 6.61 Å². The Hall–Kier alpha value is -1.25. The monoisotopic (exact) mass is 478 g/mol. The summed E-state index contributed by atoms with van der Waals surface area (Å²) in [6.07, 6.45) is 10.6. The van der Waals surface area contributed by atoms with Crippen molar-refractivity contribution in [1.29, 1.82) is 0 Å². The first kappa shape index (κ1) is 23.5. The Morgan fingerprint density at radius 2 is 1.82 bits per heavy atom. The molecule has 5 fully saturated rings. The molecule has 5 saturated carbocycles. The Kier molecular flexibility index (Phi) is 6.71. The number of carboxylic acid groups (broad SMARTS) is 1. The van der Waals surface area contributed by atoms with Crippen molar-refractivity contribution < 1.29 is 24.3 Å². The molecule has 0 spiro atoms. The largest absolute Gasteiger partial charge is 0.481 e. The summed E-state index contributed by atoms with van der Waals surface area (Å²) in [6, 6.07) is 0.320. The van der Waals surface area contributed by atoms with Gasteiger partial charge in [0.15, 0.2) is 12.0 Å². The summed E-state index contributed by atoms with van der Waals surface area (Å²) < 4.78 is 11.5. The second kappa shape index (κ2) is 9.42. The number of carboxylic acids is 1. The van der Waals surface area contributed by atoms with Gasteiger partial charge >= 0.3 is 5.97 Å². The molecule has 0 aromatic carbocycles. The quantitative estimate of drug-likeness (QED) is 0.324. The third kappa shape index (κ3) is 4.94. The number of hydrogen-bond donors (Lipinski definition) is 3. The van der Waals surface area contributed by atoms with E-state index in [4.69, 9.17) is 9.26 Å². The number of rotatable bonds is 10. The van der Waals surface area contributed by atoms with Crippen molar-refractivity contribution in [3.8, 4) is 5.88 Å². The Morgan fingerprint density at radius 3 is 2.42 bits per heavy atom. The Balaban J connectivity index is 1.30. The second-order valence-electron chi connectivity index (χ2n) is 11.6. The van der Waals surface area contributed by atoms with E-state index in [9.17, 15) is 15.0 Å². The van der Waals surface area contributed by atoms with E-state index in [0.29, 0.717) is 40.3 Å². The van der Waals surface area contributed by atoms with E-state index in [0.717, 1.165) is 17.6 Å². The SMILES string of the molecule is CC(C)(COc1noc(C(O)NC2C3CC4CC(C3)CC2C4)c1SCC1CCCC1)C(=O)O. The zero-order valence-electron chi connectivity index (χ0n) is 19.8. The molecular weight excluding hydrogens is 440 g/mol. The minimum Gasteiger partial charge on any atom is -0.481 e. The number of nitrogens with zero attached hydrogens (tertiary/aromatic N) is 1. The molecule has 33 heavy (non-hydrogen) atoms. The van der Waals surface area contributed by atoms with Crippen molar-refractivity contribution in [3.05, 3.63) is 5.76 Å². The normalized spacial score (nSPS) is 32.4. The number of aromatic nitrogens is 1. The Labute approximate surface area is 200 Å². The van der Waals surface area contributed by atoms with Crippen LogP contribution in [-0.4, -0.2) is 39.7 Å². The van der Waals surface area contributed by atoms with E-state index >= 15 is 0 Å². The summed E-state index contributed by atoms with van der Waals surface area (Å²) in [4.78, 5) is 12.2. The molecule has 184 valence electrons. The van der Waals surface area contributed by atoms with Gasteiger partial charge in [0.05, 0.1) is 5.41 Å². The van der Waals surface area contributed by atoms with E-state index in [1.165, 1.54) is 57.8 Å². The molecule has 7 nitrogen and oxygen atoms in total. The zero-order valence-corrected chi connectivity index (χ0v) is 20.6. The number of nitrogens with one attached hydrogen (secondary N) is 1. The first-order valence-electron chi connectivity index (χ1n) is 12.7. The number of aliphatic carboxylic acids is 1. The lowest BCUT2D eigenvalue weighted by molar-refractivity contribution is -0.148. The molecule has 0 saturated heterocycles. The van der Waals surface area contributed by atoms with Gasteiger partial charge in [0.25, 0.3) is 5.88 Å². The Bertz CT molecular complexity index is 822. The van der Waals surface area contributed by atoms with Crippen LogP contribution in [0, 0.1) is 35.0 Å². The Morgan fingerprint density at radius 1 is 1.18 bits per heavy atom. The van der Waals surface area contributed by atoms with Crippen molar-refractivity contribution in [3.63, 3.8) is 0 Å². The molecule has 1 heterocycles. The molecule has 0 radical (unpaired) electrons. The summed E-state index contributed by atoms with van der Waals surface area (Å²) in [7, 11) is 0. The topological polar surface area (TPSA) is 105 Å².